The first-order valence-corrected chi connectivity index (χ1v) is 12.1. The third-order valence-corrected chi connectivity index (χ3v) is 8.35. The van der Waals surface area contributed by atoms with Gasteiger partial charge in [-0.2, -0.15) is 0 Å². The van der Waals surface area contributed by atoms with Gasteiger partial charge in [0, 0.05) is 31.1 Å². The van der Waals surface area contributed by atoms with E-state index in [1.54, 1.807) is 24.3 Å². The van der Waals surface area contributed by atoms with Crippen molar-refractivity contribution in [2.75, 3.05) is 13.1 Å². The van der Waals surface area contributed by atoms with Crippen LogP contribution in [0.15, 0.2) is 30.3 Å². The summed E-state index contributed by atoms with van der Waals surface area (Å²) in [6, 6.07) is 6.45. The Morgan fingerprint density at radius 2 is 1.68 bits per heavy atom. The van der Waals surface area contributed by atoms with Crippen LogP contribution in [0.4, 0.5) is 4.39 Å². The Balaban J connectivity index is 1.11. The summed E-state index contributed by atoms with van der Waals surface area (Å²) in [6.45, 7) is 1.23. The van der Waals surface area contributed by atoms with Crippen LogP contribution in [0.5, 0.6) is 0 Å². The van der Waals surface area contributed by atoms with Gasteiger partial charge in [-0.05, 0) is 98.8 Å². The zero-order valence-corrected chi connectivity index (χ0v) is 18.1. The second-order valence-electron chi connectivity index (χ2n) is 10.3. The molecule has 1 N–H and O–H groups in total. The molecule has 3 saturated carbocycles. The molecule has 1 aromatic rings. The molecule has 2 amide bonds. The molecule has 3 bridgehead atoms. The maximum atomic E-state index is 13.0. The lowest BCUT2D eigenvalue weighted by atomic mass is 9.80. The molecular weight excluding hydrogens is 391 g/mol. The van der Waals surface area contributed by atoms with E-state index >= 15 is 0 Å². The van der Waals surface area contributed by atoms with Gasteiger partial charge in [-0.3, -0.25) is 9.59 Å². The monoisotopic (exact) mass is 424 g/mol. The van der Waals surface area contributed by atoms with E-state index in [0.29, 0.717) is 25.0 Å². The summed E-state index contributed by atoms with van der Waals surface area (Å²) in [5, 5.41) is 3.45. The SMILES string of the molecule is O=C(NC1CC[C@@H]2CC3CC1[C@@H](C3)C2)C1CCN(C(=O)/C=C/c2ccc(F)cc2)CC1. The van der Waals surface area contributed by atoms with Gasteiger partial charge in [0.1, 0.15) is 5.82 Å². The second-order valence-corrected chi connectivity index (χ2v) is 10.3. The van der Waals surface area contributed by atoms with Gasteiger partial charge in [0.15, 0.2) is 0 Å². The van der Waals surface area contributed by atoms with Crippen molar-refractivity contribution >= 4 is 17.9 Å². The first-order valence-electron chi connectivity index (χ1n) is 12.1. The smallest absolute Gasteiger partial charge is 0.246 e. The highest BCUT2D eigenvalue weighted by atomic mass is 19.1. The van der Waals surface area contributed by atoms with E-state index in [4.69, 9.17) is 0 Å². The van der Waals surface area contributed by atoms with E-state index in [1.165, 1.54) is 44.2 Å². The van der Waals surface area contributed by atoms with Gasteiger partial charge in [0.05, 0.1) is 0 Å². The fraction of sp³-hybridized carbons (Fsp3) is 0.615. The maximum Gasteiger partial charge on any atom is 0.246 e. The standard InChI is InChI=1S/C26H33FN2O2/c27-22-5-1-17(2-6-22)4-8-25(30)29-11-9-20(10-12-29)26(31)28-24-7-3-18-13-19-15-21(14-18)23(24)16-19/h1-2,4-6,8,18-21,23-24H,3,7,9-16H2,(H,28,31)/b8-4+/t18-,19?,21-,23?,24?/m1/s1. The third kappa shape index (κ3) is 4.56. The molecule has 5 atom stereocenters. The number of nitrogens with zero attached hydrogens (tertiary/aromatic N) is 1. The third-order valence-electron chi connectivity index (χ3n) is 8.35. The molecule has 166 valence electrons. The number of hydrogen-bond donors (Lipinski definition) is 1. The quantitative estimate of drug-likeness (QED) is 0.728. The average Bonchev–Trinajstić information content (AvgIpc) is 3.03. The fourth-order valence-electron chi connectivity index (χ4n) is 6.78. The molecule has 1 saturated heterocycles. The van der Waals surface area contributed by atoms with Crippen LogP contribution in [0, 0.1) is 35.4 Å². The lowest BCUT2D eigenvalue weighted by molar-refractivity contribution is -0.132. The highest BCUT2D eigenvalue weighted by molar-refractivity contribution is 5.92. The van der Waals surface area contributed by atoms with Crippen LogP contribution >= 0.6 is 0 Å². The minimum Gasteiger partial charge on any atom is -0.353 e. The zero-order chi connectivity index (χ0) is 21.4. The van der Waals surface area contributed by atoms with Gasteiger partial charge >= 0.3 is 0 Å². The predicted molar refractivity (Wildman–Crippen MR) is 118 cm³/mol. The number of likely N-dealkylation sites (tertiary alicyclic amines) is 1. The van der Waals surface area contributed by atoms with E-state index in [9.17, 15) is 14.0 Å². The van der Waals surface area contributed by atoms with E-state index in [1.807, 2.05) is 4.90 Å². The molecule has 0 aromatic heterocycles. The Morgan fingerprint density at radius 3 is 2.45 bits per heavy atom. The highest BCUT2D eigenvalue weighted by Gasteiger charge is 2.46. The van der Waals surface area contributed by atoms with Crippen LogP contribution in [0.2, 0.25) is 0 Å². The number of rotatable bonds is 4. The van der Waals surface area contributed by atoms with Crippen molar-refractivity contribution in [1.82, 2.24) is 10.2 Å². The van der Waals surface area contributed by atoms with Crippen LogP contribution in [0.3, 0.4) is 0 Å². The largest absolute Gasteiger partial charge is 0.353 e. The Bertz CT molecular complexity index is 843. The number of carbonyl (C=O) groups excluding carboxylic acids is 2. The first kappa shape index (κ1) is 20.7. The van der Waals surface area contributed by atoms with E-state index < -0.39 is 0 Å². The minimum atomic E-state index is -0.284. The Morgan fingerprint density at radius 1 is 0.935 bits per heavy atom. The molecular formula is C26H33FN2O2. The minimum absolute atomic E-state index is 0.0165. The summed E-state index contributed by atoms with van der Waals surface area (Å²) in [6.07, 6.45) is 12.7. The van der Waals surface area contributed by atoms with Crippen molar-refractivity contribution < 1.29 is 14.0 Å². The summed E-state index contributed by atoms with van der Waals surface area (Å²) in [5.41, 5.74) is 0.801. The van der Waals surface area contributed by atoms with Gasteiger partial charge in [0.2, 0.25) is 11.8 Å². The van der Waals surface area contributed by atoms with Crippen LogP contribution < -0.4 is 5.32 Å². The molecule has 5 rings (SSSR count). The molecule has 5 heteroatoms. The fourth-order valence-corrected chi connectivity index (χ4v) is 6.78. The lowest BCUT2D eigenvalue weighted by Crippen LogP contribution is -2.47. The summed E-state index contributed by atoms with van der Waals surface area (Å²) in [7, 11) is 0. The molecule has 4 aliphatic rings. The Hall–Kier alpha value is -2.17. The number of halogens is 1. The number of benzene rings is 1. The van der Waals surface area contributed by atoms with E-state index in [2.05, 4.69) is 5.32 Å². The molecule has 1 aromatic carbocycles. The normalized spacial score (nSPS) is 32.9. The molecule has 0 radical (unpaired) electrons. The molecule has 1 heterocycles. The molecule has 3 unspecified atom stereocenters. The second kappa shape index (κ2) is 8.76. The molecule has 3 aliphatic carbocycles. The van der Waals surface area contributed by atoms with Gasteiger partial charge in [-0.25, -0.2) is 4.39 Å². The van der Waals surface area contributed by atoms with Crippen molar-refractivity contribution in [2.45, 2.75) is 57.4 Å². The van der Waals surface area contributed by atoms with Crippen LogP contribution in [-0.4, -0.2) is 35.8 Å². The van der Waals surface area contributed by atoms with Crippen molar-refractivity contribution in [3.8, 4) is 0 Å². The van der Waals surface area contributed by atoms with Gasteiger partial charge in [-0.15, -0.1) is 0 Å². The van der Waals surface area contributed by atoms with Crippen LogP contribution in [0.25, 0.3) is 6.08 Å². The Labute approximate surface area is 184 Å². The molecule has 4 fully saturated rings. The summed E-state index contributed by atoms with van der Waals surface area (Å²) in [4.78, 5) is 27.3. The molecule has 4 nitrogen and oxygen atoms in total. The van der Waals surface area contributed by atoms with Gasteiger partial charge in [0.25, 0.3) is 0 Å². The lowest BCUT2D eigenvalue weighted by Gasteiger charge is -2.33. The maximum absolute atomic E-state index is 13.0. The van der Waals surface area contributed by atoms with Crippen LogP contribution in [0.1, 0.15) is 56.9 Å². The number of hydrogen-bond acceptors (Lipinski definition) is 2. The molecule has 31 heavy (non-hydrogen) atoms. The summed E-state index contributed by atoms with van der Waals surface area (Å²) in [5.74, 6) is 3.23. The van der Waals surface area contributed by atoms with E-state index in [-0.39, 0.29) is 23.5 Å². The number of fused-ring (bicyclic) bond motifs is 2. The van der Waals surface area contributed by atoms with Crippen LogP contribution in [-0.2, 0) is 9.59 Å². The zero-order valence-electron chi connectivity index (χ0n) is 18.1. The number of piperidine rings is 1. The number of amides is 2. The van der Waals surface area contributed by atoms with E-state index in [0.717, 1.165) is 42.6 Å². The van der Waals surface area contributed by atoms with Crippen molar-refractivity contribution in [3.05, 3.63) is 41.7 Å². The Kier molecular flexibility index (Phi) is 5.85. The molecule has 0 spiro atoms. The highest BCUT2D eigenvalue weighted by Crippen LogP contribution is 2.53. The van der Waals surface area contributed by atoms with Crippen molar-refractivity contribution in [2.24, 2.45) is 29.6 Å². The molecule has 1 aliphatic heterocycles. The van der Waals surface area contributed by atoms with Crippen molar-refractivity contribution in [1.29, 1.82) is 0 Å². The summed E-state index contributed by atoms with van der Waals surface area (Å²) < 4.78 is 13.0. The van der Waals surface area contributed by atoms with Gasteiger partial charge in [-0.1, -0.05) is 12.1 Å². The number of nitrogens with one attached hydrogen (secondary N) is 1. The summed E-state index contributed by atoms with van der Waals surface area (Å²) >= 11 is 0. The number of carbonyl (C=O) groups is 2. The topological polar surface area (TPSA) is 49.4 Å². The van der Waals surface area contributed by atoms with Gasteiger partial charge < -0.3 is 10.2 Å². The predicted octanol–water partition coefficient (Wildman–Crippen LogP) is 4.41. The first-order chi connectivity index (χ1) is 15.0. The average molecular weight is 425 g/mol. The van der Waals surface area contributed by atoms with Crippen molar-refractivity contribution in [3.63, 3.8) is 0 Å².